The summed E-state index contributed by atoms with van der Waals surface area (Å²) in [4.78, 5) is 22.1. The molecule has 0 saturated heterocycles. The summed E-state index contributed by atoms with van der Waals surface area (Å²) in [6.45, 7) is 0.132. The fourth-order valence-corrected chi connectivity index (χ4v) is 1.94. The van der Waals surface area contributed by atoms with Crippen molar-refractivity contribution in [1.82, 2.24) is 16.0 Å². The van der Waals surface area contributed by atoms with Crippen molar-refractivity contribution in [3.63, 3.8) is 0 Å². The van der Waals surface area contributed by atoms with Gasteiger partial charge in [-0.2, -0.15) is 12.6 Å². The van der Waals surface area contributed by atoms with E-state index in [-0.39, 0.29) is 18.5 Å². The lowest BCUT2D eigenvalue weighted by atomic mass is 10.3. The van der Waals surface area contributed by atoms with Crippen molar-refractivity contribution < 1.29 is 13.8 Å². The Morgan fingerprint density at radius 3 is 2.75 bits per heavy atom. The SMILES string of the molecule is CNC(=O)CNC(=[SH]OC)[C@@H](CS)NC=O. The maximum Gasteiger partial charge on any atom is 0.234 e. The first kappa shape index (κ1) is 15.4. The van der Waals surface area contributed by atoms with Gasteiger partial charge in [0.2, 0.25) is 12.3 Å². The van der Waals surface area contributed by atoms with Crippen LogP contribution >= 0.6 is 24.3 Å². The Morgan fingerprint density at radius 1 is 1.62 bits per heavy atom. The van der Waals surface area contributed by atoms with Crippen LogP contribution in [0.25, 0.3) is 0 Å². The van der Waals surface area contributed by atoms with Crippen molar-refractivity contribution in [2.75, 3.05) is 26.5 Å². The zero-order chi connectivity index (χ0) is 12.4. The molecule has 0 aromatic heterocycles. The second-order valence-electron chi connectivity index (χ2n) is 2.71. The standard InChI is InChI=1S/C8H17N3O3S2/c1-9-7(13)3-10-8(16-14-2)6(4-15)11-5-12/h5-6,10,15-16H,3-4H2,1-2H3,(H,9,13)(H,11,12)/t6-/m1/s1. The van der Waals surface area contributed by atoms with Gasteiger partial charge >= 0.3 is 0 Å². The molecule has 94 valence electrons. The first-order valence-corrected chi connectivity index (χ1v) is 6.00. The van der Waals surface area contributed by atoms with Gasteiger partial charge in [0.1, 0.15) is 0 Å². The van der Waals surface area contributed by atoms with E-state index in [9.17, 15) is 9.59 Å². The molecule has 0 rings (SSSR count). The van der Waals surface area contributed by atoms with E-state index < -0.39 is 0 Å². The molecule has 8 heteroatoms. The summed E-state index contributed by atoms with van der Waals surface area (Å²) in [6, 6.07) is -0.271. The molecule has 0 aromatic carbocycles. The molecular weight excluding hydrogens is 250 g/mol. The summed E-state index contributed by atoms with van der Waals surface area (Å²) in [5, 5.41) is 7.97. The molecule has 16 heavy (non-hydrogen) atoms. The van der Waals surface area contributed by atoms with E-state index in [2.05, 4.69) is 28.6 Å². The van der Waals surface area contributed by atoms with E-state index in [1.807, 2.05) is 0 Å². The van der Waals surface area contributed by atoms with E-state index in [4.69, 9.17) is 4.18 Å². The fourth-order valence-electron chi connectivity index (χ4n) is 0.877. The minimum Gasteiger partial charge on any atom is -0.358 e. The zero-order valence-electron chi connectivity index (χ0n) is 9.19. The third kappa shape index (κ3) is 6.11. The van der Waals surface area contributed by atoms with E-state index in [1.54, 1.807) is 7.05 Å². The molecule has 0 aliphatic rings. The number of nitrogens with one attached hydrogen (secondary N) is 3. The van der Waals surface area contributed by atoms with E-state index in [0.29, 0.717) is 28.8 Å². The van der Waals surface area contributed by atoms with Crippen LogP contribution in [0.15, 0.2) is 0 Å². The number of hydrogen-bond donors (Lipinski definition) is 5. The van der Waals surface area contributed by atoms with Crippen LogP contribution in [-0.4, -0.2) is 49.8 Å². The molecule has 0 saturated carbocycles. The van der Waals surface area contributed by atoms with Gasteiger partial charge in [0.05, 0.1) is 17.6 Å². The van der Waals surface area contributed by atoms with E-state index >= 15 is 0 Å². The smallest absolute Gasteiger partial charge is 0.234 e. The third-order valence-electron chi connectivity index (χ3n) is 1.68. The predicted molar refractivity (Wildman–Crippen MR) is 69.9 cm³/mol. The number of carbonyl (C=O) groups excluding carboxylic acids is 2. The van der Waals surface area contributed by atoms with Crippen LogP contribution in [0.2, 0.25) is 0 Å². The average Bonchev–Trinajstić information content (AvgIpc) is 2.31. The fraction of sp³-hybridized carbons (Fsp3) is 0.625. The average molecular weight is 267 g/mol. The first-order valence-electron chi connectivity index (χ1n) is 4.55. The lowest BCUT2D eigenvalue weighted by Gasteiger charge is -2.17. The number of likely N-dealkylation sites (N-methyl/N-ethyl adjacent to an activating group) is 1. The molecule has 6 nitrogen and oxygen atoms in total. The highest BCUT2D eigenvalue weighted by Crippen LogP contribution is 1.97. The number of amides is 2. The molecule has 0 aromatic rings. The van der Waals surface area contributed by atoms with Crippen LogP contribution in [0, 0.1) is 0 Å². The monoisotopic (exact) mass is 267 g/mol. The Morgan fingerprint density at radius 2 is 2.31 bits per heavy atom. The maximum atomic E-state index is 11.0. The minimum absolute atomic E-state index is 0.132. The Labute approximate surface area is 104 Å². The number of carbonyl (C=O) groups is 2. The van der Waals surface area contributed by atoms with E-state index in [1.165, 1.54) is 7.11 Å². The first-order chi connectivity index (χ1) is 7.69. The van der Waals surface area contributed by atoms with Crippen molar-refractivity contribution in [2.24, 2.45) is 0 Å². The quantitative estimate of drug-likeness (QED) is 0.221. The lowest BCUT2D eigenvalue weighted by molar-refractivity contribution is -0.119. The van der Waals surface area contributed by atoms with Gasteiger partial charge < -0.3 is 14.8 Å². The highest BCUT2D eigenvalue weighted by molar-refractivity contribution is 7.94. The van der Waals surface area contributed by atoms with Gasteiger partial charge in [-0.1, -0.05) is 11.6 Å². The second-order valence-corrected chi connectivity index (χ2v) is 4.10. The molecule has 0 aliphatic heterocycles. The van der Waals surface area contributed by atoms with Crippen molar-refractivity contribution >= 4 is 41.6 Å². The Kier molecular flexibility index (Phi) is 9.30. The van der Waals surface area contributed by atoms with Crippen molar-refractivity contribution in [1.29, 1.82) is 0 Å². The van der Waals surface area contributed by atoms with E-state index in [0.717, 1.165) is 0 Å². The number of thiol groups is 2. The molecular formula is C8H17N3O3S2. The summed E-state index contributed by atoms with van der Waals surface area (Å²) < 4.78 is 4.95. The molecule has 0 heterocycles. The molecule has 2 amide bonds. The highest BCUT2D eigenvalue weighted by Gasteiger charge is 2.12. The molecule has 0 unspecified atom stereocenters. The van der Waals surface area contributed by atoms with Gasteiger partial charge in [-0.3, -0.25) is 14.9 Å². The molecule has 0 fully saturated rings. The van der Waals surface area contributed by atoms with Crippen molar-refractivity contribution in [3.8, 4) is 0 Å². The number of rotatable bonds is 7. The van der Waals surface area contributed by atoms with Crippen LogP contribution in [-0.2, 0) is 13.8 Å². The molecule has 0 aliphatic carbocycles. The molecule has 0 bridgehead atoms. The summed E-state index contributed by atoms with van der Waals surface area (Å²) in [6.07, 6.45) is 0.591. The lowest BCUT2D eigenvalue weighted by Crippen LogP contribution is -2.47. The van der Waals surface area contributed by atoms with Gasteiger partial charge in [-0.05, 0) is 0 Å². The van der Waals surface area contributed by atoms with Gasteiger partial charge in [-0.15, -0.1) is 0 Å². The minimum atomic E-state index is -0.271. The van der Waals surface area contributed by atoms with Gasteiger partial charge in [0.25, 0.3) is 0 Å². The maximum absolute atomic E-state index is 11.0. The summed E-state index contributed by atoms with van der Waals surface area (Å²) in [5.41, 5.74) is 0. The Balaban J connectivity index is 4.40. The molecule has 0 spiro atoms. The normalized spacial score (nSPS) is 13.6. The molecule has 1 atom stereocenters. The van der Waals surface area contributed by atoms with Gasteiger partial charge in [-0.25, -0.2) is 0 Å². The second kappa shape index (κ2) is 9.64. The highest BCUT2D eigenvalue weighted by atomic mass is 32.2. The summed E-state index contributed by atoms with van der Waals surface area (Å²) >= 11 is 4.66. The zero-order valence-corrected chi connectivity index (χ0v) is 11.0. The van der Waals surface area contributed by atoms with Crippen LogP contribution in [0.3, 0.4) is 0 Å². The Hall–Kier alpha value is -0.570. The number of hydrogen-bond acceptors (Lipinski definition) is 4. The molecule has 0 radical (unpaired) electrons. The predicted octanol–water partition coefficient (Wildman–Crippen LogP) is -1.48. The van der Waals surface area contributed by atoms with Gasteiger partial charge in [0.15, 0.2) is 0 Å². The topological polar surface area (TPSA) is 79.5 Å². The van der Waals surface area contributed by atoms with Crippen LogP contribution in [0.5, 0.6) is 0 Å². The van der Waals surface area contributed by atoms with Crippen molar-refractivity contribution in [2.45, 2.75) is 6.04 Å². The van der Waals surface area contributed by atoms with Crippen LogP contribution < -0.4 is 16.0 Å². The third-order valence-corrected chi connectivity index (χ3v) is 2.89. The molecule has 3 N–H and O–H groups in total. The summed E-state index contributed by atoms with van der Waals surface area (Å²) in [5.74, 6) is 0.276. The van der Waals surface area contributed by atoms with Crippen molar-refractivity contribution in [3.05, 3.63) is 0 Å². The van der Waals surface area contributed by atoms with Crippen LogP contribution in [0.4, 0.5) is 0 Å². The van der Waals surface area contributed by atoms with Gasteiger partial charge in [0, 0.05) is 19.9 Å². The summed E-state index contributed by atoms with van der Waals surface area (Å²) in [7, 11) is 3.08. The largest absolute Gasteiger partial charge is 0.358 e. The Bertz CT molecular complexity index is 261. The van der Waals surface area contributed by atoms with Crippen LogP contribution in [0.1, 0.15) is 0 Å².